The zero-order valence-corrected chi connectivity index (χ0v) is 18.8. The molecule has 8 nitrogen and oxygen atoms in total. The highest BCUT2D eigenvalue weighted by Crippen LogP contribution is 2.44. The van der Waals surface area contributed by atoms with Crippen molar-refractivity contribution in [1.29, 1.82) is 0 Å². The lowest BCUT2D eigenvalue weighted by atomic mass is 9.92. The number of nitrogens with zero attached hydrogens (tertiary/aromatic N) is 3. The van der Waals surface area contributed by atoms with E-state index in [0.29, 0.717) is 22.7 Å². The van der Waals surface area contributed by atoms with Gasteiger partial charge < -0.3 is 10.1 Å². The fourth-order valence-electron chi connectivity index (χ4n) is 4.24. The maximum atomic E-state index is 13.4. The molecule has 0 amide bonds. The van der Waals surface area contributed by atoms with Crippen molar-refractivity contribution in [3.63, 3.8) is 0 Å². The highest BCUT2D eigenvalue weighted by molar-refractivity contribution is 6.31. The summed E-state index contributed by atoms with van der Waals surface area (Å²) in [5, 5.41) is 15.2. The number of ether oxygens (including phenoxy) is 1. The van der Waals surface area contributed by atoms with Gasteiger partial charge >= 0.3 is 5.97 Å². The van der Waals surface area contributed by atoms with Crippen LogP contribution in [-0.4, -0.2) is 27.1 Å². The van der Waals surface area contributed by atoms with Gasteiger partial charge in [0.2, 0.25) is 5.95 Å². The van der Waals surface area contributed by atoms with Gasteiger partial charge in [0.05, 0.1) is 39.9 Å². The summed E-state index contributed by atoms with van der Waals surface area (Å²) >= 11 is 6.61. The number of fused-ring (bicyclic) bond motifs is 3. The smallest absolute Gasteiger partial charge is 0.338 e. The summed E-state index contributed by atoms with van der Waals surface area (Å²) in [6.07, 6.45) is 0. The molecule has 1 N–H and O–H groups in total. The number of hydrogen-bond acceptors (Lipinski definition) is 6. The summed E-state index contributed by atoms with van der Waals surface area (Å²) in [4.78, 5) is 29.3. The summed E-state index contributed by atoms with van der Waals surface area (Å²) < 4.78 is 7.29. The van der Waals surface area contributed by atoms with Gasteiger partial charge in [-0.25, -0.2) is 9.78 Å². The SMILES string of the molecule is CCOC(=O)C1=C(c2ccccc2)Nc2nc3ccccc3n2[C@H]1c1cc([N+](=O)[O-])ccc1Cl. The number of carbonyl (C=O) groups is 1. The molecule has 0 saturated carbocycles. The molecule has 34 heavy (non-hydrogen) atoms. The van der Waals surface area contributed by atoms with Crippen molar-refractivity contribution in [1.82, 2.24) is 9.55 Å². The van der Waals surface area contributed by atoms with Gasteiger partial charge in [-0.3, -0.25) is 14.7 Å². The lowest BCUT2D eigenvalue weighted by Crippen LogP contribution is -2.29. The summed E-state index contributed by atoms with van der Waals surface area (Å²) in [6, 6.07) is 20.2. The van der Waals surface area contributed by atoms with E-state index in [0.717, 1.165) is 11.1 Å². The van der Waals surface area contributed by atoms with Gasteiger partial charge in [-0.05, 0) is 30.7 Å². The van der Waals surface area contributed by atoms with Crippen LogP contribution >= 0.6 is 11.6 Å². The fraction of sp³-hybridized carbons (Fsp3) is 0.120. The first-order valence-electron chi connectivity index (χ1n) is 10.6. The van der Waals surface area contributed by atoms with E-state index in [1.54, 1.807) is 6.92 Å². The van der Waals surface area contributed by atoms with Crippen LogP contribution in [0, 0.1) is 10.1 Å². The van der Waals surface area contributed by atoms with Gasteiger partial charge in [0.1, 0.15) is 0 Å². The van der Waals surface area contributed by atoms with Crippen LogP contribution in [0.15, 0.2) is 78.4 Å². The highest BCUT2D eigenvalue weighted by atomic mass is 35.5. The van der Waals surface area contributed by atoms with Crippen molar-refractivity contribution in [2.75, 3.05) is 11.9 Å². The number of anilines is 1. The average Bonchev–Trinajstić information content (AvgIpc) is 3.22. The van der Waals surface area contributed by atoms with Crippen molar-refractivity contribution >= 4 is 45.9 Å². The molecule has 5 rings (SSSR count). The van der Waals surface area contributed by atoms with E-state index in [1.807, 2.05) is 59.2 Å². The topological polar surface area (TPSA) is 99.3 Å². The Hall–Kier alpha value is -4.17. The first kappa shape index (κ1) is 21.7. The summed E-state index contributed by atoms with van der Waals surface area (Å²) in [7, 11) is 0. The number of imidazole rings is 1. The minimum Gasteiger partial charge on any atom is -0.463 e. The number of nitrogens with one attached hydrogen (secondary N) is 1. The number of rotatable bonds is 5. The van der Waals surface area contributed by atoms with E-state index in [2.05, 4.69) is 5.32 Å². The van der Waals surface area contributed by atoms with E-state index < -0.39 is 16.9 Å². The number of para-hydroxylation sites is 2. The predicted molar refractivity (Wildman–Crippen MR) is 130 cm³/mol. The molecule has 0 saturated heterocycles. The zero-order chi connectivity index (χ0) is 23.8. The van der Waals surface area contributed by atoms with E-state index in [9.17, 15) is 14.9 Å². The third-order valence-electron chi connectivity index (χ3n) is 5.68. The molecule has 4 aromatic rings. The van der Waals surface area contributed by atoms with Gasteiger partial charge in [0, 0.05) is 22.7 Å². The van der Waals surface area contributed by atoms with Gasteiger partial charge in [-0.15, -0.1) is 0 Å². The lowest BCUT2D eigenvalue weighted by Gasteiger charge is -2.31. The van der Waals surface area contributed by atoms with Gasteiger partial charge in [0.15, 0.2) is 0 Å². The lowest BCUT2D eigenvalue weighted by molar-refractivity contribution is -0.384. The van der Waals surface area contributed by atoms with Crippen molar-refractivity contribution in [3.05, 3.63) is 105 Å². The molecule has 0 aliphatic carbocycles. The molecule has 0 unspecified atom stereocenters. The third-order valence-corrected chi connectivity index (χ3v) is 6.02. The number of non-ortho nitro benzene ring substituents is 1. The second-order valence-corrected chi connectivity index (χ2v) is 8.07. The quantitative estimate of drug-likeness (QED) is 0.230. The van der Waals surface area contributed by atoms with Gasteiger partial charge in [-0.2, -0.15) is 0 Å². The molecule has 1 aromatic heterocycles. The second kappa shape index (κ2) is 8.64. The minimum absolute atomic E-state index is 0.131. The van der Waals surface area contributed by atoms with Crippen molar-refractivity contribution in [3.8, 4) is 0 Å². The minimum atomic E-state index is -0.815. The fourth-order valence-corrected chi connectivity index (χ4v) is 4.46. The molecule has 2 heterocycles. The zero-order valence-electron chi connectivity index (χ0n) is 18.1. The molecule has 0 fully saturated rings. The van der Waals surface area contributed by atoms with Gasteiger partial charge in [-0.1, -0.05) is 54.1 Å². The molecule has 1 atom stereocenters. The molecule has 1 aliphatic heterocycles. The number of esters is 1. The number of nitro groups is 1. The number of aromatic nitrogens is 2. The Labute approximate surface area is 199 Å². The maximum Gasteiger partial charge on any atom is 0.338 e. The number of hydrogen-bond donors (Lipinski definition) is 1. The third kappa shape index (κ3) is 3.58. The Balaban J connectivity index is 1.87. The molecule has 9 heteroatoms. The molecule has 0 bridgehead atoms. The van der Waals surface area contributed by atoms with Crippen molar-refractivity contribution in [2.45, 2.75) is 13.0 Å². The van der Waals surface area contributed by atoms with Crippen LogP contribution in [0.25, 0.3) is 16.7 Å². The van der Waals surface area contributed by atoms with Gasteiger partial charge in [0.25, 0.3) is 5.69 Å². The summed E-state index contributed by atoms with van der Waals surface area (Å²) in [6.45, 7) is 1.89. The largest absolute Gasteiger partial charge is 0.463 e. The van der Waals surface area contributed by atoms with Crippen LogP contribution in [0.4, 0.5) is 11.6 Å². The number of benzene rings is 3. The Morgan fingerprint density at radius 1 is 1.15 bits per heavy atom. The number of nitro benzene ring substituents is 1. The number of carbonyl (C=O) groups excluding carboxylic acids is 1. The van der Waals surface area contributed by atoms with Crippen LogP contribution in [0.2, 0.25) is 5.02 Å². The summed E-state index contributed by atoms with van der Waals surface area (Å²) in [5.41, 5.74) is 3.25. The van der Waals surface area contributed by atoms with E-state index in [1.165, 1.54) is 18.2 Å². The van der Waals surface area contributed by atoms with E-state index >= 15 is 0 Å². The standard InChI is InChI=1S/C25H19ClN4O4/c1-2-34-24(31)21-22(15-8-4-3-5-9-15)28-25-27-19-10-6-7-11-20(19)29(25)23(21)17-14-16(30(32)33)12-13-18(17)26/h3-14,23H,2H2,1H3,(H,27,28)/t23-/m0/s1. The van der Waals surface area contributed by atoms with Crippen molar-refractivity contribution in [2.24, 2.45) is 0 Å². The Kier molecular flexibility index (Phi) is 5.51. The second-order valence-electron chi connectivity index (χ2n) is 7.66. The van der Waals surface area contributed by atoms with Crippen LogP contribution in [0.5, 0.6) is 0 Å². The first-order chi connectivity index (χ1) is 16.5. The number of halogens is 1. The molecule has 0 spiro atoms. The maximum absolute atomic E-state index is 13.4. The molecule has 3 aromatic carbocycles. The Morgan fingerprint density at radius 3 is 2.62 bits per heavy atom. The normalized spacial score (nSPS) is 15.1. The average molecular weight is 475 g/mol. The first-order valence-corrected chi connectivity index (χ1v) is 11.0. The van der Waals surface area contributed by atoms with Crippen LogP contribution in [-0.2, 0) is 9.53 Å². The van der Waals surface area contributed by atoms with Crippen LogP contribution < -0.4 is 5.32 Å². The molecular formula is C25H19ClN4O4. The molecule has 0 radical (unpaired) electrons. The van der Waals surface area contributed by atoms with Crippen LogP contribution in [0.1, 0.15) is 24.1 Å². The predicted octanol–water partition coefficient (Wildman–Crippen LogP) is 5.59. The monoisotopic (exact) mass is 474 g/mol. The van der Waals surface area contributed by atoms with E-state index in [-0.39, 0.29) is 22.9 Å². The highest BCUT2D eigenvalue weighted by Gasteiger charge is 2.38. The van der Waals surface area contributed by atoms with Crippen LogP contribution in [0.3, 0.4) is 0 Å². The van der Waals surface area contributed by atoms with Crippen molar-refractivity contribution < 1.29 is 14.5 Å². The molecule has 170 valence electrons. The summed E-state index contributed by atoms with van der Waals surface area (Å²) in [5.74, 6) is -0.0643. The Bertz CT molecular complexity index is 1460. The molecular weight excluding hydrogens is 456 g/mol. The Morgan fingerprint density at radius 2 is 1.88 bits per heavy atom. The van der Waals surface area contributed by atoms with E-state index in [4.69, 9.17) is 21.3 Å². The molecule has 1 aliphatic rings.